The van der Waals surface area contributed by atoms with Crippen LogP contribution in [0.1, 0.15) is 130 Å². The van der Waals surface area contributed by atoms with Crippen molar-refractivity contribution in [3.63, 3.8) is 0 Å². The average Bonchev–Trinajstić information content (AvgIpc) is 1.38. The number of rotatable bonds is 24. The van der Waals surface area contributed by atoms with Crippen molar-refractivity contribution in [1.29, 1.82) is 0 Å². The number of aliphatic hydroxyl groups is 3. The van der Waals surface area contributed by atoms with Crippen molar-refractivity contribution in [1.82, 2.24) is 5.32 Å². The number of carboxylic acid groups (broad SMARTS) is 2. The van der Waals surface area contributed by atoms with E-state index in [1.54, 1.807) is 20.8 Å². The molecule has 8 saturated carbocycles. The summed E-state index contributed by atoms with van der Waals surface area (Å²) in [6, 6.07) is 5.54. The lowest BCUT2D eigenvalue weighted by Crippen LogP contribution is -2.64. The number of nitrogens with two attached hydrogens (primary N) is 1. The Bertz CT molecular complexity index is 3900. The molecule has 8 aliphatic carbocycles. The van der Waals surface area contributed by atoms with Gasteiger partial charge in [-0.2, -0.15) is 33.7 Å². The molecule has 38 heteroatoms. The van der Waals surface area contributed by atoms with E-state index in [1.165, 1.54) is 24.3 Å². The second-order valence-electron chi connectivity index (χ2n) is 30.7. The molecule has 578 valence electrons. The topological polar surface area (TPSA) is 525 Å². The van der Waals surface area contributed by atoms with Crippen LogP contribution in [0.2, 0.25) is 0 Å². The zero-order valence-corrected chi connectivity index (χ0v) is 61.1. The van der Waals surface area contributed by atoms with E-state index in [0.717, 1.165) is 36.8 Å². The molecule has 0 radical (unpaired) electrons. The average molecular weight is 1550 g/mol. The van der Waals surface area contributed by atoms with Gasteiger partial charge < -0.3 is 60.3 Å². The molecule has 12 N–H and O–H groups in total. The third kappa shape index (κ3) is 16.7. The molecule has 102 heavy (non-hydrogen) atoms. The molecule has 2 heterocycles. The monoisotopic (exact) mass is 1550 g/mol. The van der Waals surface area contributed by atoms with Crippen LogP contribution >= 0.6 is 0 Å². The van der Waals surface area contributed by atoms with Crippen LogP contribution in [-0.2, 0) is 106 Å². The first-order valence-electron chi connectivity index (χ1n) is 34.2. The van der Waals surface area contributed by atoms with Crippen LogP contribution in [0.3, 0.4) is 0 Å². The maximum Gasteiger partial charge on any atom is 0.397 e. The van der Waals surface area contributed by atoms with Gasteiger partial charge in [0.25, 0.3) is 0 Å². The van der Waals surface area contributed by atoms with Crippen LogP contribution in [0.25, 0.3) is 0 Å². The number of esters is 1. The Kier molecular flexibility index (Phi) is 23.7. The van der Waals surface area contributed by atoms with Gasteiger partial charge in [-0.15, -0.1) is 0 Å². The van der Waals surface area contributed by atoms with Crippen molar-refractivity contribution < 1.29 is 141 Å². The molecule has 2 saturated heterocycles. The predicted molar refractivity (Wildman–Crippen MR) is 352 cm³/mol. The van der Waals surface area contributed by atoms with Gasteiger partial charge in [0.05, 0.1) is 46.9 Å². The van der Waals surface area contributed by atoms with Crippen LogP contribution in [0.15, 0.2) is 53.5 Å². The van der Waals surface area contributed by atoms with Gasteiger partial charge in [0.2, 0.25) is 0 Å². The Morgan fingerprint density at radius 1 is 0.608 bits per heavy atom. The van der Waals surface area contributed by atoms with Crippen LogP contribution in [0.4, 0.5) is 0 Å². The third-order valence-electron chi connectivity index (χ3n) is 24.3. The van der Waals surface area contributed by atoms with Gasteiger partial charge in [0.15, 0.2) is 34.6 Å². The molecule has 0 amide bonds. The van der Waals surface area contributed by atoms with Crippen molar-refractivity contribution in [2.45, 2.75) is 222 Å². The number of aliphatic carboxylic acids is 2. The Morgan fingerprint density at radius 3 is 1.48 bits per heavy atom. The first-order valence-corrected chi connectivity index (χ1v) is 41.4. The van der Waals surface area contributed by atoms with Gasteiger partial charge >= 0.3 is 59.5 Å². The summed E-state index contributed by atoms with van der Waals surface area (Å²) in [6.45, 7) is 17.5. The van der Waals surface area contributed by atoms with Gasteiger partial charge in [0, 0.05) is 36.9 Å². The smallest absolute Gasteiger partial charge is 0.397 e. The maximum absolute atomic E-state index is 13.8. The number of aryl methyl sites for hydroxylation is 1. The summed E-state index contributed by atoms with van der Waals surface area (Å²) in [5, 5.41) is 57.9. The summed E-state index contributed by atoms with van der Waals surface area (Å²) in [6.07, 6.45) is -16.3. The Hall–Kier alpha value is -3.82. The molecular formula is C64H96N2O31S5. The fraction of sp³-hybridized carbons (Fsp3) is 0.797. The zero-order chi connectivity index (χ0) is 75.2. The molecule has 11 rings (SSSR count). The number of carbonyl (C=O) groups is 3. The number of sulfone groups is 1. The summed E-state index contributed by atoms with van der Waals surface area (Å²) in [7, 11) is -26.1. The lowest BCUT2D eigenvalue weighted by atomic mass is 9.43. The van der Waals surface area contributed by atoms with Gasteiger partial charge in [-0.1, -0.05) is 58.5 Å². The summed E-state index contributed by atoms with van der Waals surface area (Å²) in [4.78, 5) is 38.6. The van der Waals surface area contributed by atoms with E-state index in [1.807, 2.05) is 13.8 Å². The van der Waals surface area contributed by atoms with Crippen molar-refractivity contribution in [3.8, 4) is 0 Å². The number of aliphatic hydroxyl groups excluding tert-OH is 3. The predicted octanol–water partition coefficient (Wildman–Crippen LogP) is 3.08. The summed E-state index contributed by atoms with van der Waals surface area (Å²) >= 11 is 0. The Balaban J connectivity index is 0.000000226. The Labute approximate surface area is 594 Å². The molecule has 2 spiro atoms. The minimum Gasteiger partial charge on any atom is -0.481 e. The van der Waals surface area contributed by atoms with Crippen LogP contribution in [0, 0.1) is 81.8 Å². The number of hydrogen-bond donors (Lipinski definition) is 11. The van der Waals surface area contributed by atoms with Gasteiger partial charge in [-0.25, -0.2) is 25.2 Å². The molecule has 2 aliphatic heterocycles. The maximum atomic E-state index is 13.8. The normalized spacial score (nSPS) is 41.3. The number of fused-ring (bicyclic) bond motifs is 6. The highest BCUT2D eigenvalue weighted by Crippen LogP contribution is 2.73. The van der Waals surface area contributed by atoms with E-state index in [2.05, 4.69) is 26.8 Å². The highest BCUT2D eigenvalue weighted by atomic mass is 32.3. The van der Waals surface area contributed by atoms with E-state index in [0.29, 0.717) is 50.5 Å². The van der Waals surface area contributed by atoms with E-state index < -0.39 is 194 Å². The fourth-order valence-electron chi connectivity index (χ4n) is 20.4. The van der Waals surface area contributed by atoms with Crippen molar-refractivity contribution >= 4 is 69.3 Å². The zero-order valence-electron chi connectivity index (χ0n) is 57.1. The molecule has 33 nitrogen and oxygen atoms in total. The highest BCUT2D eigenvalue weighted by molar-refractivity contribution is 7.91. The SMILES string of the molecule is C=C1C2CCC3C4(C)CC(O[C@@H]5O[C@@H](CNCCN)[C@@H](OS(=O)(=O)O)[C@H](OS(=O)(=O)O)C5O)CC(C(=O)O)C4CCC3(C2)[C@H]1O.C=C1C2CCC3C4(C)CC(O[C@@H]5O[C@@H](CS(=O)(=O)c6ccc(C)cc6)[C@@H](OS(=O)(=O)O)[C@@H](OS(=O)(=O)O)C5OC(=O)CC(C)C)CC(C(=O)O)C4CCC3(C2)[C@H]1O. The molecular weight excluding hydrogens is 1450 g/mol. The van der Waals surface area contributed by atoms with Crippen LogP contribution in [-0.4, -0.2) is 215 Å². The summed E-state index contributed by atoms with van der Waals surface area (Å²) in [5.41, 5.74) is 5.54. The molecule has 0 aromatic heterocycles. The second-order valence-corrected chi connectivity index (χ2v) is 37.0. The molecule has 16 unspecified atom stereocenters. The van der Waals surface area contributed by atoms with Crippen LogP contribution in [0.5, 0.6) is 0 Å². The standard InChI is InChI=1S/C37H52O17S3.C27H44N2O14S2/c1-19(2)14-29(38)52-32-31(54-57(47,48)49)30(53-56(44,45)46)27(18-55(42,43)24-9-6-20(3)7-10-24)51-35(32)50-23-15-25(34(40)41)26-12-13-37-16-22(21(4)33(37)39)8-11-28(37)36(26,5)17-23;1-13-14-3-4-19-26(2)11-15(9-16(24(32)33)17(26)5-6-27(19,10-14)23(13)31)40-25-20(30)22(43-45(37,38)39)21(42-44(34,35)36)18(41-25)12-29-8-7-28/h6-7,9-10,19,22-23,25-28,30-33,35,39H,4,8,11-18H2,1-3,5H3,(H,40,41)(H,44,45,46)(H,47,48,49);14-23,25,29-31H,1,3-12,28H2,2H3,(H,32,33)(H,34,35,36)(H,37,38,39)/t22?,23?,25?,26?,27-,28?,30+,31+,32?,33-,35+,36?,37?;14?,15?,16?,17?,18-,19?,20?,21+,22+,23-,25+,26?,27?/m00/s1. The third-order valence-corrected chi connectivity index (χ3v) is 27.9. The first kappa shape index (κ1) is 80.7. The van der Waals surface area contributed by atoms with E-state index in [4.69, 9.17) is 37.8 Å². The summed E-state index contributed by atoms with van der Waals surface area (Å²) < 4.78 is 211. The van der Waals surface area contributed by atoms with Crippen LogP contribution < -0.4 is 11.1 Å². The fourth-order valence-corrected chi connectivity index (χ4v) is 23.9. The minimum absolute atomic E-state index is 0.0314. The molecule has 4 bridgehead atoms. The number of carbonyl (C=O) groups excluding carboxylic acids is 1. The van der Waals surface area contributed by atoms with E-state index >= 15 is 0 Å². The van der Waals surface area contributed by atoms with Crippen molar-refractivity contribution in [3.05, 3.63) is 54.1 Å². The molecule has 10 aliphatic rings. The number of benzene rings is 1. The quantitative estimate of drug-likeness (QED) is 0.0233. The largest absolute Gasteiger partial charge is 0.481 e. The van der Waals surface area contributed by atoms with E-state index in [9.17, 15) is 100 Å². The minimum atomic E-state index is -5.58. The second kappa shape index (κ2) is 30.0. The molecule has 26 atom stereocenters. The Morgan fingerprint density at radius 2 is 1.04 bits per heavy atom. The van der Waals surface area contributed by atoms with Gasteiger partial charge in [-0.3, -0.25) is 32.6 Å². The number of carboxylic acids is 2. The number of ether oxygens (including phenoxy) is 5. The molecule has 1 aromatic carbocycles. The van der Waals surface area contributed by atoms with Gasteiger partial charge in [-0.05, 0) is 172 Å². The van der Waals surface area contributed by atoms with Gasteiger partial charge in [0.1, 0.15) is 36.6 Å². The van der Waals surface area contributed by atoms with Crippen molar-refractivity contribution in [2.75, 3.05) is 25.4 Å². The van der Waals surface area contributed by atoms with Crippen molar-refractivity contribution in [2.24, 2.45) is 80.7 Å². The number of nitrogens with one attached hydrogen (secondary N) is 1. The lowest BCUT2D eigenvalue weighted by Gasteiger charge is -2.62. The first-order chi connectivity index (χ1) is 47.2. The number of hydrogen-bond acceptors (Lipinski definition) is 27. The lowest BCUT2D eigenvalue weighted by molar-refractivity contribution is -0.309. The van der Waals surface area contributed by atoms with E-state index in [-0.39, 0.29) is 91.6 Å². The highest BCUT2D eigenvalue weighted by Gasteiger charge is 2.69. The molecule has 10 fully saturated rings. The summed E-state index contributed by atoms with van der Waals surface area (Å²) in [5.74, 6) is -6.67. The molecule has 1 aromatic rings.